The first-order chi connectivity index (χ1) is 11.1. The Kier molecular flexibility index (Phi) is 10.9. The Hall–Kier alpha value is -1.73. The number of para-hydroxylation sites is 1. The van der Waals surface area contributed by atoms with Crippen LogP contribution in [0.5, 0.6) is 5.75 Å². The van der Waals surface area contributed by atoms with Gasteiger partial charge in [-0.2, -0.15) is 0 Å². The van der Waals surface area contributed by atoms with Gasteiger partial charge in [-0.25, -0.2) is 0 Å². The van der Waals surface area contributed by atoms with E-state index in [1.165, 1.54) is 6.26 Å². The van der Waals surface area contributed by atoms with Crippen LogP contribution in [-0.4, -0.2) is 38.1 Å². The number of hydrogen-bond acceptors (Lipinski definition) is 5. The van der Waals surface area contributed by atoms with E-state index in [0.717, 1.165) is 17.9 Å². The summed E-state index contributed by atoms with van der Waals surface area (Å²) in [7, 11) is 3.99. The van der Waals surface area contributed by atoms with Crippen molar-refractivity contribution in [1.82, 2.24) is 10.2 Å². The smallest absolute Gasteiger partial charge is 0.254 e. The quantitative estimate of drug-likeness (QED) is 0.724. The van der Waals surface area contributed by atoms with Gasteiger partial charge in [-0.1, -0.05) is 18.2 Å². The predicted molar refractivity (Wildman–Crippen MR) is 103 cm³/mol. The summed E-state index contributed by atoms with van der Waals surface area (Å²) in [6, 6.07) is 9.33. The number of ether oxygens (including phenoxy) is 1. The maximum absolute atomic E-state index is 12.1. The zero-order chi connectivity index (χ0) is 16.7. The third-order valence-corrected chi connectivity index (χ3v) is 3.33. The van der Waals surface area contributed by atoms with Gasteiger partial charge in [0.15, 0.2) is 0 Å². The lowest BCUT2D eigenvalue weighted by molar-refractivity contribution is 0.0950. The number of nitrogens with zero attached hydrogens (tertiary/aromatic N) is 1. The molecule has 6 nitrogen and oxygen atoms in total. The normalized spacial score (nSPS) is 9.92. The molecule has 1 amide bonds. The minimum absolute atomic E-state index is 0. The number of nitrogens with one attached hydrogen (secondary N) is 1. The van der Waals surface area contributed by atoms with Crippen LogP contribution >= 0.6 is 24.8 Å². The third kappa shape index (κ3) is 7.36. The van der Waals surface area contributed by atoms with Crippen LogP contribution in [-0.2, 0) is 13.1 Å². The van der Waals surface area contributed by atoms with Gasteiger partial charge in [-0.05, 0) is 26.2 Å². The van der Waals surface area contributed by atoms with E-state index >= 15 is 0 Å². The molecule has 0 atom stereocenters. The van der Waals surface area contributed by atoms with E-state index in [9.17, 15) is 4.79 Å². The first-order valence-electron chi connectivity index (χ1n) is 7.51. The fraction of sp³-hybridized carbons (Fsp3) is 0.353. The number of halogens is 2. The topological polar surface area (TPSA) is 80.7 Å². The Morgan fingerprint density at radius 2 is 2.00 bits per heavy atom. The van der Waals surface area contributed by atoms with Crippen LogP contribution in [0.25, 0.3) is 0 Å². The maximum Gasteiger partial charge on any atom is 0.254 e. The second-order valence-corrected chi connectivity index (χ2v) is 5.45. The molecule has 0 aliphatic rings. The highest BCUT2D eigenvalue weighted by Gasteiger charge is 2.11. The molecule has 0 aliphatic heterocycles. The van der Waals surface area contributed by atoms with Crippen LogP contribution in [0.3, 0.4) is 0 Å². The summed E-state index contributed by atoms with van der Waals surface area (Å²) >= 11 is 0. The molecule has 0 saturated heterocycles. The first-order valence-corrected chi connectivity index (χ1v) is 7.51. The van der Waals surface area contributed by atoms with Gasteiger partial charge in [-0.15, -0.1) is 24.8 Å². The number of nitrogens with two attached hydrogens (primary N) is 1. The number of benzene rings is 1. The molecule has 0 spiro atoms. The third-order valence-electron chi connectivity index (χ3n) is 3.33. The van der Waals surface area contributed by atoms with Crippen molar-refractivity contribution in [3.8, 4) is 5.75 Å². The Morgan fingerprint density at radius 1 is 1.28 bits per heavy atom. The van der Waals surface area contributed by atoms with E-state index in [1.54, 1.807) is 6.07 Å². The zero-order valence-corrected chi connectivity index (χ0v) is 16.0. The Morgan fingerprint density at radius 3 is 2.64 bits per heavy atom. The van der Waals surface area contributed by atoms with E-state index in [2.05, 4.69) is 10.2 Å². The van der Waals surface area contributed by atoms with Crippen molar-refractivity contribution in [2.75, 3.05) is 27.2 Å². The highest BCUT2D eigenvalue weighted by atomic mass is 35.5. The molecule has 0 fully saturated rings. The molecular weight excluding hydrogens is 365 g/mol. The molecule has 140 valence electrons. The average Bonchev–Trinajstić information content (AvgIpc) is 3.02. The second kappa shape index (κ2) is 11.8. The van der Waals surface area contributed by atoms with Gasteiger partial charge >= 0.3 is 0 Å². The number of furan rings is 1. The highest BCUT2D eigenvalue weighted by molar-refractivity contribution is 5.93. The summed E-state index contributed by atoms with van der Waals surface area (Å²) in [5.74, 6) is 1.17. The fourth-order valence-electron chi connectivity index (χ4n) is 2.01. The molecule has 2 aromatic rings. The first kappa shape index (κ1) is 23.3. The number of carbonyl (C=O) groups excluding carboxylic acids is 1. The summed E-state index contributed by atoms with van der Waals surface area (Å²) in [5.41, 5.74) is 6.87. The largest absolute Gasteiger partial charge is 0.492 e. The monoisotopic (exact) mass is 389 g/mol. The molecular formula is C17H25Cl2N3O3. The summed E-state index contributed by atoms with van der Waals surface area (Å²) in [6.45, 7) is 2.09. The lowest BCUT2D eigenvalue weighted by Gasteiger charge is -2.14. The second-order valence-electron chi connectivity index (χ2n) is 5.45. The van der Waals surface area contributed by atoms with Crippen LogP contribution in [0.15, 0.2) is 41.0 Å². The predicted octanol–water partition coefficient (Wildman–Crippen LogP) is 2.45. The molecule has 1 aromatic heterocycles. The number of likely N-dealkylation sites (N-methyl/N-ethyl adjacent to an activating group) is 1. The minimum Gasteiger partial charge on any atom is -0.492 e. The number of amides is 1. The van der Waals surface area contributed by atoms with E-state index in [1.807, 2.05) is 38.4 Å². The molecule has 0 aliphatic carbocycles. The van der Waals surface area contributed by atoms with Gasteiger partial charge in [0.2, 0.25) is 0 Å². The molecule has 2 rings (SSSR count). The van der Waals surface area contributed by atoms with Crippen molar-refractivity contribution >= 4 is 30.7 Å². The number of carbonyl (C=O) groups is 1. The van der Waals surface area contributed by atoms with Crippen molar-refractivity contribution in [2.45, 2.75) is 13.1 Å². The van der Waals surface area contributed by atoms with Gasteiger partial charge in [0.1, 0.15) is 24.4 Å². The summed E-state index contributed by atoms with van der Waals surface area (Å²) in [6.07, 6.45) is 1.41. The van der Waals surface area contributed by atoms with Crippen molar-refractivity contribution in [3.63, 3.8) is 0 Å². The SMILES string of the molecule is CN(C)CCOc1ccccc1CNC(=O)c1coc(CN)c1.Cl.Cl. The molecule has 0 radical (unpaired) electrons. The van der Waals surface area contributed by atoms with Crippen molar-refractivity contribution in [3.05, 3.63) is 53.5 Å². The van der Waals surface area contributed by atoms with Crippen LogP contribution < -0.4 is 15.8 Å². The molecule has 25 heavy (non-hydrogen) atoms. The van der Waals surface area contributed by atoms with Crippen molar-refractivity contribution in [1.29, 1.82) is 0 Å². The Bertz CT molecular complexity index is 648. The van der Waals surface area contributed by atoms with E-state index in [0.29, 0.717) is 24.5 Å². The summed E-state index contributed by atoms with van der Waals surface area (Å²) in [4.78, 5) is 14.2. The van der Waals surface area contributed by atoms with Gasteiger partial charge < -0.3 is 25.1 Å². The van der Waals surface area contributed by atoms with Gasteiger partial charge in [-0.3, -0.25) is 4.79 Å². The molecule has 0 bridgehead atoms. The maximum atomic E-state index is 12.1. The van der Waals surface area contributed by atoms with Crippen molar-refractivity contribution < 1.29 is 13.9 Å². The summed E-state index contributed by atoms with van der Waals surface area (Å²) < 4.78 is 11.0. The molecule has 0 unspecified atom stereocenters. The number of hydrogen-bond donors (Lipinski definition) is 2. The molecule has 1 aromatic carbocycles. The molecule has 0 saturated carbocycles. The van der Waals surface area contributed by atoms with Gasteiger partial charge in [0, 0.05) is 18.7 Å². The average molecular weight is 390 g/mol. The zero-order valence-electron chi connectivity index (χ0n) is 14.4. The van der Waals surface area contributed by atoms with Crippen LogP contribution in [0, 0.1) is 0 Å². The lowest BCUT2D eigenvalue weighted by atomic mass is 10.2. The van der Waals surface area contributed by atoms with Crippen molar-refractivity contribution in [2.24, 2.45) is 5.73 Å². The molecule has 3 N–H and O–H groups in total. The Balaban J connectivity index is 0.00000288. The number of rotatable bonds is 8. The van der Waals surface area contributed by atoms with E-state index < -0.39 is 0 Å². The minimum atomic E-state index is -0.198. The highest BCUT2D eigenvalue weighted by Crippen LogP contribution is 2.18. The lowest BCUT2D eigenvalue weighted by Crippen LogP contribution is -2.23. The standard InChI is InChI=1S/C17H23N3O3.2ClH/c1-20(2)7-8-22-16-6-4-3-5-13(16)11-19-17(21)14-9-15(10-18)23-12-14;;/h3-6,9,12H,7-8,10-11,18H2,1-2H3,(H,19,21);2*1H. The molecule has 1 heterocycles. The van der Waals surface area contributed by atoms with Crippen LogP contribution in [0.1, 0.15) is 21.7 Å². The molecule has 8 heteroatoms. The van der Waals surface area contributed by atoms with E-state index in [-0.39, 0.29) is 37.3 Å². The van der Waals surface area contributed by atoms with Crippen LogP contribution in [0.4, 0.5) is 0 Å². The summed E-state index contributed by atoms with van der Waals surface area (Å²) in [5, 5.41) is 2.86. The van der Waals surface area contributed by atoms with Gasteiger partial charge in [0.05, 0.1) is 12.1 Å². The fourth-order valence-corrected chi connectivity index (χ4v) is 2.01. The van der Waals surface area contributed by atoms with Crippen LogP contribution in [0.2, 0.25) is 0 Å². The Labute approximate surface area is 160 Å². The van der Waals surface area contributed by atoms with E-state index in [4.69, 9.17) is 14.9 Å². The van der Waals surface area contributed by atoms with Gasteiger partial charge in [0.25, 0.3) is 5.91 Å².